The van der Waals surface area contributed by atoms with Crippen molar-refractivity contribution in [2.45, 2.75) is 31.8 Å². The zero-order valence-corrected chi connectivity index (χ0v) is 10.1. The standard InChI is InChI=1S/C10H16ClN3O2/c1-10(4-2-6-15-10)7-12-9-14-13-8(16-9)3-5-11/h2-7H2,1H3,(H,12,14). The van der Waals surface area contributed by atoms with Crippen molar-refractivity contribution in [2.24, 2.45) is 0 Å². The smallest absolute Gasteiger partial charge is 0.315 e. The van der Waals surface area contributed by atoms with Gasteiger partial charge in [0.25, 0.3) is 0 Å². The summed E-state index contributed by atoms with van der Waals surface area (Å²) in [4.78, 5) is 0. The molecule has 1 fully saturated rings. The molecule has 1 unspecified atom stereocenters. The van der Waals surface area contributed by atoms with E-state index >= 15 is 0 Å². The molecule has 2 rings (SSSR count). The molecule has 1 aromatic heterocycles. The predicted octanol–water partition coefficient (Wildman–Crippen LogP) is 1.83. The molecule has 5 nitrogen and oxygen atoms in total. The summed E-state index contributed by atoms with van der Waals surface area (Å²) in [5.41, 5.74) is -0.110. The van der Waals surface area contributed by atoms with Gasteiger partial charge in [0.15, 0.2) is 0 Å². The Labute approximate surface area is 99.5 Å². The van der Waals surface area contributed by atoms with Crippen molar-refractivity contribution in [3.63, 3.8) is 0 Å². The average Bonchev–Trinajstić information content (AvgIpc) is 2.86. The summed E-state index contributed by atoms with van der Waals surface area (Å²) in [6.07, 6.45) is 2.77. The van der Waals surface area contributed by atoms with E-state index < -0.39 is 0 Å². The van der Waals surface area contributed by atoms with Crippen LogP contribution in [-0.2, 0) is 11.2 Å². The Hall–Kier alpha value is -0.810. The number of anilines is 1. The number of hydrogen-bond acceptors (Lipinski definition) is 5. The molecule has 0 radical (unpaired) electrons. The van der Waals surface area contributed by atoms with E-state index in [0.29, 0.717) is 30.8 Å². The summed E-state index contributed by atoms with van der Waals surface area (Å²) in [5, 5.41) is 10.9. The van der Waals surface area contributed by atoms with E-state index in [4.69, 9.17) is 20.8 Å². The molecule has 1 saturated heterocycles. The molecule has 0 spiro atoms. The molecule has 0 saturated carbocycles. The molecule has 0 aliphatic carbocycles. The Balaban J connectivity index is 1.84. The van der Waals surface area contributed by atoms with E-state index in [2.05, 4.69) is 22.4 Å². The van der Waals surface area contributed by atoms with Crippen molar-refractivity contribution < 1.29 is 9.15 Å². The van der Waals surface area contributed by atoms with E-state index in [9.17, 15) is 0 Å². The van der Waals surface area contributed by atoms with Crippen molar-refractivity contribution in [1.29, 1.82) is 0 Å². The maximum Gasteiger partial charge on any atom is 0.315 e. The first-order valence-electron chi connectivity index (χ1n) is 5.48. The van der Waals surface area contributed by atoms with E-state index in [0.717, 1.165) is 19.4 Å². The molecule has 0 amide bonds. The van der Waals surface area contributed by atoms with Crippen molar-refractivity contribution >= 4 is 17.6 Å². The molecule has 1 aromatic rings. The second-order valence-corrected chi connectivity index (χ2v) is 4.57. The highest BCUT2D eigenvalue weighted by Crippen LogP contribution is 2.25. The molecule has 90 valence electrons. The van der Waals surface area contributed by atoms with Gasteiger partial charge < -0.3 is 14.5 Å². The number of nitrogens with zero attached hydrogens (tertiary/aromatic N) is 2. The number of aryl methyl sites for hydroxylation is 1. The second kappa shape index (κ2) is 5.01. The third-order valence-corrected chi connectivity index (χ3v) is 2.88. The second-order valence-electron chi connectivity index (χ2n) is 4.20. The monoisotopic (exact) mass is 245 g/mol. The zero-order chi connectivity index (χ0) is 11.4. The molecule has 2 heterocycles. The van der Waals surface area contributed by atoms with E-state index in [1.165, 1.54) is 0 Å². The number of halogens is 1. The Kier molecular flexibility index (Phi) is 3.66. The Morgan fingerprint density at radius 1 is 1.50 bits per heavy atom. The summed E-state index contributed by atoms with van der Waals surface area (Å²) in [5.74, 6) is 1.05. The highest BCUT2D eigenvalue weighted by molar-refractivity contribution is 6.17. The number of alkyl halides is 1. The van der Waals surface area contributed by atoms with Gasteiger partial charge in [-0.15, -0.1) is 16.7 Å². The van der Waals surface area contributed by atoms with Crippen LogP contribution in [0.2, 0.25) is 0 Å². The fourth-order valence-electron chi connectivity index (χ4n) is 1.75. The third kappa shape index (κ3) is 2.86. The molecular formula is C10H16ClN3O2. The maximum absolute atomic E-state index is 5.64. The largest absolute Gasteiger partial charge is 0.408 e. The summed E-state index contributed by atoms with van der Waals surface area (Å²) in [7, 11) is 0. The summed E-state index contributed by atoms with van der Waals surface area (Å²) in [6.45, 7) is 3.61. The molecular weight excluding hydrogens is 230 g/mol. The van der Waals surface area contributed by atoms with Crippen LogP contribution < -0.4 is 5.32 Å². The lowest BCUT2D eigenvalue weighted by atomic mass is 10.0. The number of nitrogens with one attached hydrogen (secondary N) is 1. The Morgan fingerprint density at radius 2 is 2.38 bits per heavy atom. The van der Waals surface area contributed by atoms with Crippen LogP contribution in [0.3, 0.4) is 0 Å². The minimum atomic E-state index is -0.110. The number of hydrogen-bond donors (Lipinski definition) is 1. The summed E-state index contributed by atoms with van der Waals surface area (Å²) < 4.78 is 11.0. The number of rotatable bonds is 5. The van der Waals surface area contributed by atoms with Crippen LogP contribution >= 0.6 is 11.6 Å². The van der Waals surface area contributed by atoms with Crippen molar-refractivity contribution in [1.82, 2.24) is 10.2 Å². The van der Waals surface area contributed by atoms with Gasteiger partial charge in [0.05, 0.1) is 5.60 Å². The van der Waals surface area contributed by atoms with Gasteiger partial charge in [-0.05, 0) is 19.8 Å². The molecule has 0 aromatic carbocycles. The van der Waals surface area contributed by atoms with Crippen LogP contribution in [0.4, 0.5) is 6.01 Å². The minimum Gasteiger partial charge on any atom is -0.408 e. The first kappa shape index (κ1) is 11.7. The van der Waals surface area contributed by atoms with Crippen molar-refractivity contribution in [3.05, 3.63) is 5.89 Å². The fourth-order valence-corrected chi connectivity index (χ4v) is 1.91. The van der Waals surface area contributed by atoms with Gasteiger partial charge in [0, 0.05) is 25.5 Å². The Bertz CT molecular complexity index is 337. The van der Waals surface area contributed by atoms with Crippen molar-refractivity contribution in [3.8, 4) is 0 Å². The lowest BCUT2D eigenvalue weighted by molar-refractivity contribution is 0.0311. The van der Waals surface area contributed by atoms with Gasteiger partial charge in [-0.2, -0.15) is 0 Å². The maximum atomic E-state index is 5.64. The SMILES string of the molecule is CC1(CNc2nnc(CCCl)o2)CCCO1. The van der Waals surface area contributed by atoms with Gasteiger partial charge >= 0.3 is 6.01 Å². The van der Waals surface area contributed by atoms with E-state index in [-0.39, 0.29) is 5.60 Å². The third-order valence-electron chi connectivity index (χ3n) is 2.69. The number of aromatic nitrogens is 2. The molecule has 16 heavy (non-hydrogen) atoms. The first-order valence-corrected chi connectivity index (χ1v) is 6.01. The molecule has 1 aliphatic heterocycles. The lowest BCUT2D eigenvalue weighted by Crippen LogP contribution is -2.32. The molecule has 1 atom stereocenters. The number of ether oxygens (including phenoxy) is 1. The lowest BCUT2D eigenvalue weighted by Gasteiger charge is -2.22. The predicted molar refractivity (Wildman–Crippen MR) is 60.8 cm³/mol. The van der Waals surface area contributed by atoms with Gasteiger partial charge in [0.2, 0.25) is 5.89 Å². The average molecular weight is 246 g/mol. The fraction of sp³-hybridized carbons (Fsp3) is 0.800. The molecule has 6 heteroatoms. The van der Waals surface area contributed by atoms with Crippen LogP contribution in [0, 0.1) is 0 Å². The highest BCUT2D eigenvalue weighted by atomic mass is 35.5. The van der Waals surface area contributed by atoms with Gasteiger partial charge in [-0.3, -0.25) is 0 Å². The highest BCUT2D eigenvalue weighted by Gasteiger charge is 2.29. The quantitative estimate of drug-likeness (QED) is 0.802. The molecule has 1 N–H and O–H groups in total. The van der Waals surface area contributed by atoms with Gasteiger partial charge in [-0.25, -0.2) is 0 Å². The minimum absolute atomic E-state index is 0.110. The van der Waals surface area contributed by atoms with Crippen LogP contribution in [0.15, 0.2) is 4.42 Å². The van der Waals surface area contributed by atoms with Crippen LogP contribution in [0.25, 0.3) is 0 Å². The van der Waals surface area contributed by atoms with Gasteiger partial charge in [-0.1, -0.05) is 5.10 Å². The zero-order valence-electron chi connectivity index (χ0n) is 9.33. The summed E-state index contributed by atoms with van der Waals surface area (Å²) in [6, 6.07) is 0.442. The van der Waals surface area contributed by atoms with Crippen LogP contribution in [0.5, 0.6) is 0 Å². The Morgan fingerprint density at radius 3 is 3.06 bits per heavy atom. The van der Waals surface area contributed by atoms with Crippen molar-refractivity contribution in [2.75, 3.05) is 24.3 Å². The topological polar surface area (TPSA) is 60.2 Å². The summed E-state index contributed by atoms with van der Waals surface area (Å²) >= 11 is 5.58. The van der Waals surface area contributed by atoms with Crippen LogP contribution in [-0.4, -0.2) is 34.8 Å². The van der Waals surface area contributed by atoms with E-state index in [1.54, 1.807) is 0 Å². The van der Waals surface area contributed by atoms with Crippen LogP contribution in [0.1, 0.15) is 25.7 Å². The van der Waals surface area contributed by atoms with Gasteiger partial charge in [0.1, 0.15) is 0 Å². The normalized spacial score (nSPS) is 24.9. The molecule has 0 bridgehead atoms. The van der Waals surface area contributed by atoms with E-state index in [1.807, 2.05) is 0 Å². The first-order chi connectivity index (χ1) is 7.72. The molecule has 1 aliphatic rings.